The first-order chi connectivity index (χ1) is 4.70. The van der Waals surface area contributed by atoms with Crippen LogP contribution in [0, 0.1) is 0 Å². The van der Waals surface area contributed by atoms with Crippen molar-refractivity contribution in [3.05, 3.63) is 37.1 Å². The van der Waals surface area contributed by atoms with Gasteiger partial charge in [0.15, 0.2) is 0 Å². The molecule has 0 spiro atoms. The van der Waals surface area contributed by atoms with Gasteiger partial charge in [-0.3, -0.25) is 0 Å². The van der Waals surface area contributed by atoms with Crippen LogP contribution >= 0.6 is 0 Å². The Kier molecular flexibility index (Phi) is 3.72. The summed E-state index contributed by atoms with van der Waals surface area (Å²) in [5.41, 5.74) is 5.51. The van der Waals surface area contributed by atoms with Gasteiger partial charge in [-0.05, 0) is 5.57 Å². The first kappa shape index (κ1) is 8.49. The van der Waals surface area contributed by atoms with Crippen molar-refractivity contribution in [2.75, 3.05) is 0 Å². The molecule has 0 bridgehead atoms. The van der Waals surface area contributed by atoms with E-state index in [-0.39, 0.29) is 0 Å². The zero-order chi connectivity index (χ0) is 7.98. The lowest BCUT2D eigenvalue weighted by molar-refractivity contribution is 0.252. The molecule has 0 radical (unpaired) electrons. The Bertz CT molecular complexity index is 172. The third-order valence-corrected chi connectivity index (χ3v) is 0.852. The van der Waals surface area contributed by atoms with Crippen molar-refractivity contribution in [1.29, 1.82) is 0 Å². The fraction of sp³-hybridized carbons (Fsp3) is 0. The molecule has 0 saturated carbocycles. The van der Waals surface area contributed by atoms with Crippen LogP contribution in [0.2, 0.25) is 0 Å². The Balaban J connectivity index is 3.98. The second kappa shape index (κ2) is 4.38. The van der Waals surface area contributed by atoms with Crippen LogP contribution in [0.5, 0.6) is 0 Å². The molecule has 0 aromatic rings. The van der Waals surface area contributed by atoms with Gasteiger partial charge in [0.05, 0.1) is 0 Å². The van der Waals surface area contributed by atoms with Gasteiger partial charge in [-0.15, -0.1) is 0 Å². The normalized spacial score (nSPS) is 7.60. The Morgan fingerprint density at radius 3 is 2.20 bits per heavy atom. The summed E-state index contributed by atoms with van der Waals surface area (Å²) >= 11 is 0. The Labute approximate surface area is 59.9 Å². The molecule has 0 unspecified atom stereocenters. The first-order valence-corrected chi connectivity index (χ1v) is 2.71. The number of primary amides is 1. The summed E-state index contributed by atoms with van der Waals surface area (Å²) in [4.78, 5) is 10.1. The molecule has 0 aromatic heterocycles. The molecule has 3 nitrogen and oxygen atoms in total. The van der Waals surface area contributed by atoms with Crippen LogP contribution in [-0.4, -0.2) is 6.03 Å². The van der Waals surface area contributed by atoms with Crippen LogP contribution in [0.1, 0.15) is 0 Å². The molecule has 54 valence electrons. The standard InChI is InChI=1S/C7H10N2O/c1-3-6(4-2)5-9-7(8)10/h3-5H,1-2H2,(H3,8,9,10). The summed E-state index contributed by atoms with van der Waals surface area (Å²) in [6, 6.07) is -0.596. The maximum atomic E-state index is 10.1. The Morgan fingerprint density at radius 2 is 1.90 bits per heavy atom. The van der Waals surface area contributed by atoms with Gasteiger partial charge in [0.1, 0.15) is 0 Å². The van der Waals surface area contributed by atoms with Crippen LogP contribution in [0.25, 0.3) is 0 Å². The van der Waals surface area contributed by atoms with Gasteiger partial charge < -0.3 is 11.1 Å². The second-order valence-corrected chi connectivity index (χ2v) is 1.56. The van der Waals surface area contributed by atoms with Crippen LogP contribution in [0.3, 0.4) is 0 Å². The summed E-state index contributed by atoms with van der Waals surface area (Å²) in [6.07, 6.45) is 4.55. The largest absolute Gasteiger partial charge is 0.351 e. The van der Waals surface area contributed by atoms with Crippen molar-refractivity contribution in [1.82, 2.24) is 5.32 Å². The number of nitrogens with one attached hydrogen (secondary N) is 1. The van der Waals surface area contributed by atoms with Gasteiger partial charge in [0.25, 0.3) is 0 Å². The predicted molar refractivity (Wildman–Crippen MR) is 41.2 cm³/mol. The fourth-order valence-corrected chi connectivity index (χ4v) is 0.356. The summed E-state index contributed by atoms with van der Waals surface area (Å²) in [7, 11) is 0. The molecule has 0 saturated heterocycles. The highest BCUT2D eigenvalue weighted by molar-refractivity contribution is 5.73. The lowest BCUT2D eigenvalue weighted by Crippen LogP contribution is -2.24. The van der Waals surface area contributed by atoms with E-state index in [0.717, 1.165) is 5.57 Å². The number of allylic oxidation sites excluding steroid dienone is 3. The average Bonchev–Trinajstić information content (AvgIpc) is 1.90. The highest BCUT2D eigenvalue weighted by Crippen LogP contribution is 1.92. The molecule has 0 aliphatic carbocycles. The summed E-state index contributed by atoms with van der Waals surface area (Å²) in [5.74, 6) is 0. The number of carbonyl (C=O) groups is 1. The fourth-order valence-electron chi connectivity index (χ4n) is 0.356. The Hall–Kier alpha value is -1.51. The van der Waals surface area contributed by atoms with Crippen molar-refractivity contribution in [2.45, 2.75) is 0 Å². The van der Waals surface area contributed by atoms with Crippen LogP contribution in [0.15, 0.2) is 37.1 Å². The van der Waals surface area contributed by atoms with E-state index in [1.54, 1.807) is 12.2 Å². The quantitative estimate of drug-likeness (QED) is 0.559. The number of urea groups is 1. The third kappa shape index (κ3) is 3.49. The zero-order valence-electron chi connectivity index (χ0n) is 5.63. The van der Waals surface area contributed by atoms with Crippen LogP contribution in [0.4, 0.5) is 4.79 Å². The van der Waals surface area contributed by atoms with E-state index in [1.165, 1.54) is 6.20 Å². The molecule has 10 heavy (non-hydrogen) atoms. The van der Waals surface area contributed by atoms with E-state index in [2.05, 4.69) is 18.5 Å². The molecule has 0 aromatic carbocycles. The van der Waals surface area contributed by atoms with Gasteiger partial charge in [0, 0.05) is 6.20 Å². The summed E-state index contributed by atoms with van der Waals surface area (Å²) in [5, 5.41) is 2.28. The number of hydrogen-bond donors (Lipinski definition) is 2. The van der Waals surface area contributed by atoms with Crippen molar-refractivity contribution in [2.24, 2.45) is 5.73 Å². The van der Waals surface area contributed by atoms with E-state index in [0.29, 0.717) is 0 Å². The van der Waals surface area contributed by atoms with Gasteiger partial charge in [-0.2, -0.15) is 0 Å². The van der Waals surface area contributed by atoms with E-state index < -0.39 is 6.03 Å². The van der Waals surface area contributed by atoms with Crippen LogP contribution < -0.4 is 11.1 Å². The van der Waals surface area contributed by atoms with E-state index in [4.69, 9.17) is 5.73 Å². The highest BCUT2D eigenvalue weighted by atomic mass is 16.2. The molecule has 0 aliphatic rings. The van der Waals surface area contributed by atoms with Crippen molar-refractivity contribution in [3.63, 3.8) is 0 Å². The molecule has 2 amide bonds. The minimum absolute atomic E-state index is 0.596. The van der Waals surface area contributed by atoms with Crippen LogP contribution in [-0.2, 0) is 0 Å². The van der Waals surface area contributed by atoms with Gasteiger partial charge in [-0.1, -0.05) is 25.3 Å². The SMILES string of the molecule is C=CC(C=C)=CNC(N)=O. The summed E-state index contributed by atoms with van der Waals surface area (Å²) in [6.45, 7) is 6.96. The first-order valence-electron chi connectivity index (χ1n) is 2.71. The third-order valence-electron chi connectivity index (χ3n) is 0.852. The molecular formula is C7H10N2O. The monoisotopic (exact) mass is 138 g/mol. The topological polar surface area (TPSA) is 55.1 Å². The lowest BCUT2D eigenvalue weighted by Gasteiger charge is -1.92. The lowest BCUT2D eigenvalue weighted by atomic mass is 10.3. The highest BCUT2D eigenvalue weighted by Gasteiger charge is 1.85. The van der Waals surface area contributed by atoms with Gasteiger partial charge in [-0.25, -0.2) is 4.79 Å². The zero-order valence-corrected chi connectivity index (χ0v) is 5.63. The van der Waals surface area contributed by atoms with Gasteiger partial charge in [0.2, 0.25) is 0 Å². The molecule has 3 N–H and O–H groups in total. The van der Waals surface area contributed by atoms with E-state index >= 15 is 0 Å². The average molecular weight is 138 g/mol. The predicted octanol–water partition coefficient (Wildman–Crippen LogP) is 0.911. The molecule has 0 rings (SSSR count). The molecule has 0 heterocycles. The number of rotatable bonds is 3. The molecule has 0 fully saturated rings. The second-order valence-electron chi connectivity index (χ2n) is 1.56. The Morgan fingerprint density at radius 1 is 1.40 bits per heavy atom. The smallest absolute Gasteiger partial charge is 0.316 e. The molecule has 0 atom stereocenters. The molecule has 3 heteroatoms. The molecule has 0 aliphatic heterocycles. The maximum Gasteiger partial charge on any atom is 0.316 e. The molecular weight excluding hydrogens is 128 g/mol. The minimum atomic E-state index is -0.596. The van der Waals surface area contributed by atoms with Gasteiger partial charge >= 0.3 is 6.03 Å². The number of amides is 2. The van der Waals surface area contributed by atoms with Crippen molar-refractivity contribution in [3.8, 4) is 0 Å². The number of carbonyl (C=O) groups excluding carboxylic acids is 1. The minimum Gasteiger partial charge on any atom is -0.351 e. The number of nitrogens with two attached hydrogens (primary N) is 1. The summed E-state index contributed by atoms with van der Waals surface area (Å²) < 4.78 is 0. The van der Waals surface area contributed by atoms with Crippen molar-refractivity contribution < 1.29 is 4.79 Å². The maximum absolute atomic E-state index is 10.1. The van der Waals surface area contributed by atoms with E-state index in [9.17, 15) is 4.79 Å². The van der Waals surface area contributed by atoms with Crippen molar-refractivity contribution >= 4 is 6.03 Å². The van der Waals surface area contributed by atoms with E-state index in [1.807, 2.05) is 0 Å². The number of hydrogen-bond acceptors (Lipinski definition) is 1.